The Morgan fingerprint density at radius 2 is 1.91 bits per heavy atom. The van der Waals surface area contributed by atoms with Crippen molar-refractivity contribution in [2.24, 2.45) is 0 Å². The van der Waals surface area contributed by atoms with Crippen molar-refractivity contribution in [2.45, 2.75) is 31.7 Å². The largest absolute Gasteiger partial charge is 0.480 e. The van der Waals surface area contributed by atoms with E-state index in [9.17, 15) is 22.8 Å². The number of carbonyl (C=O) groups excluding carboxylic acids is 1. The van der Waals surface area contributed by atoms with Gasteiger partial charge in [0, 0.05) is 13.2 Å². The van der Waals surface area contributed by atoms with Crippen LogP contribution in [0.25, 0.3) is 0 Å². The number of carbonyl (C=O) groups is 2. The Labute approximate surface area is 130 Å². The van der Waals surface area contributed by atoms with E-state index in [1.54, 1.807) is 0 Å². The minimum absolute atomic E-state index is 0.0802. The molecule has 1 aliphatic rings. The fourth-order valence-corrected chi connectivity index (χ4v) is 2.37. The Morgan fingerprint density at radius 3 is 2.39 bits per heavy atom. The molecule has 126 valence electrons. The molecule has 0 aromatic heterocycles. The van der Waals surface area contributed by atoms with Gasteiger partial charge >= 0.3 is 12.1 Å². The number of halogens is 3. The molecule has 1 atom stereocenters. The van der Waals surface area contributed by atoms with Gasteiger partial charge in [0.2, 0.25) is 0 Å². The van der Waals surface area contributed by atoms with E-state index in [0.717, 1.165) is 23.5 Å². The first kappa shape index (κ1) is 17.3. The highest BCUT2D eigenvalue weighted by Gasteiger charge is 2.31. The van der Waals surface area contributed by atoms with Crippen LogP contribution >= 0.6 is 0 Å². The molecule has 1 aromatic rings. The molecule has 1 N–H and O–H groups in total. The van der Waals surface area contributed by atoms with Crippen molar-refractivity contribution >= 4 is 11.9 Å². The fourth-order valence-electron chi connectivity index (χ4n) is 2.37. The van der Waals surface area contributed by atoms with Crippen LogP contribution in [0, 0.1) is 0 Å². The van der Waals surface area contributed by atoms with Gasteiger partial charge in [0.1, 0.15) is 12.6 Å². The highest BCUT2D eigenvalue weighted by atomic mass is 19.4. The molecule has 0 saturated carbocycles. The van der Waals surface area contributed by atoms with Crippen molar-refractivity contribution in [2.75, 3.05) is 13.2 Å². The smallest absolute Gasteiger partial charge is 0.416 e. The van der Waals surface area contributed by atoms with Crippen LogP contribution in [0.2, 0.25) is 0 Å². The first-order chi connectivity index (χ1) is 10.8. The second-order valence-corrected chi connectivity index (χ2v) is 5.28. The Kier molecular flexibility index (Phi) is 5.25. The van der Waals surface area contributed by atoms with Crippen LogP contribution in [-0.2, 0) is 27.0 Å². The summed E-state index contributed by atoms with van der Waals surface area (Å²) in [6, 6.07) is 4.29. The van der Waals surface area contributed by atoms with Crippen LogP contribution in [0.4, 0.5) is 13.2 Å². The van der Waals surface area contributed by atoms with Gasteiger partial charge in [-0.2, -0.15) is 13.2 Å². The van der Waals surface area contributed by atoms with Crippen molar-refractivity contribution in [1.29, 1.82) is 0 Å². The number of hydrogen-bond donors (Lipinski definition) is 1. The highest BCUT2D eigenvalue weighted by molar-refractivity contribution is 5.84. The molecule has 1 fully saturated rings. The summed E-state index contributed by atoms with van der Waals surface area (Å²) in [6.07, 6.45) is -3.88. The lowest BCUT2D eigenvalue weighted by Gasteiger charge is -2.23. The molecule has 0 aliphatic carbocycles. The van der Waals surface area contributed by atoms with E-state index in [1.807, 2.05) is 0 Å². The second-order valence-electron chi connectivity index (χ2n) is 5.28. The molecule has 1 amide bonds. The van der Waals surface area contributed by atoms with E-state index < -0.39 is 36.3 Å². The van der Waals surface area contributed by atoms with Gasteiger partial charge in [-0.1, -0.05) is 12.1 Å². The predicted molar refractivity (Wildman–Crippen MR) is 73.5 cm³/mol. The summed E-state index contributed by atoms with van der Waals surface area (Å²) >= 11 is 0. The summed E-state index contributed by atoms with van der Waals surface area (Å²) in [4.78, 5) is 24.3. The number of carboxylic acids is 1. The number of alkyl halides is 3. The first-order valence-electron chi connectivity index (χ1n) is 7.05. The van der Waals surface area contributed by atoms with Crippen LogP contribution in [0.3, 0.4) is 0 Å². The molecule has 0 bridgehead atoms. The van der Waals surface area contributed by atoms with E-state index in [1.165, 1.54) is 12.1 Å². The quantitative estimate of drug-likeness (QED) is 0.899. The van der Waals surface area contributed by atoms with Gasteiger partial charge < -0.3 is 14.7 Å². The maximum Gasteiger partial charge on any atom is 0.416 e. The summed E-state index contributed by atoms with van der Waals surface area (Å²) in [5, 5.41) is 8.92. The van der Waals surface area contributed by atoms with Gasteiger partial charge in [-0.15, -0.1) is 0 Å². The van der Waals surface area contributed by atoms with E-state index in [4.69, 9.17) is 9.84 Å². The van der Waals surface area contributed by atoms with E-state index >= 15 is 0 Å². The normalized spacial score (nSPS) is 18.0. The zero-order valence-corrected chi connectivity index (χ0v) is 12.2. The number of ether oxygens (including phenoxy) is 1. The lowest BCUT2D eigenvalue weighted by molar-refractivity contribution is -0.149. The van der Waals surface area contributed by atoms with Crippen LogP contribution in [0.1, 0.15) is 24.0 Å². The summed E-state index contributed by atoms with van der Waals surface area (Å²) in [7, 11) is 0. The number of rotatable bonds is 5. The van der Waals surface area contributed by atoms with Crippen molar-refractivity contribution in [3.63, 3.8) is 0 Å². The fraction of sp³-hybridized carbons (Fsp3) is 0.467. The van der Waals surface area contributed by atoms with Crippen molar-refractivity contribution in [3.05, 3.63) is 35.4 Å². The summed E-state index contributed by atoms with van der Waals surface area (Å²) in [6.45, 7) is -0.166. The monoisotopic (exact) mass is 331 g/mol. The topological polar surface area (TPSA) is 66.8 Å². The molecule has 1 heterocycles. The van der Waals surface area contributed by atoms with E-state index in [-0.39, 0.29) is 6.54 Å². The third kappa shape index (κ3) is 4.69. The summed E-state index contributed by atoms with van der Waals surface area (Å²) in [5.41, 5.74) is -0.373. The number of aliphatic carboxylic acids is 1. The maximum absolute atomic E-state index is 12.5. The molecular weight excluding hydrogens is 315 g/mol. The lowest BCUT2D eigenvalue weighted by atomic mass is 10.1. The molecule has 0 radical (unpaired) electrons. The van der Waals surface area contributed by atoms with Crippen LogP contribution in [0.15, 0.2) is 24.3 Å². The minimum Gasteiger partial charge on any atom is -0.480 e. The molecule has 1 aliphatic heterocycles. The number of hydrogen-bond acceptors (Lipinski definition) is 3. The number of carboxylic acid groups (broad SMARTS) is 1. The molecule has 0 unspecified atom stereocenters. The first-order valence-corrected chi connectivity index (χ1v) is 7.05. The average molecular weight is 331 g/mol. The lowest BCUT2D eigenvalue weighted by Crippen LogP contribution is -2.41. The Bertz CT molecular complexity index is 565. The van der Waals surface area contributed by atoms with E-state index in [0.29, 0.717) is 18.6 Å². The molecular formula is C15H16F3NO4. The molecule has 1 saturated heterocycles. The van der Waals surface area contributed by atoms with Crippen molar-refractivity contribution in [1.82, 2.24) is 4.90 Å². The zero-order chi connectivity index (χ0) is 17.0. The van der Waals surface area contributed by atoms with Crippen LogP contribution < -0.4 is 0 Å². The molecule has 0 spiro atoms. The van der Waals surface area contributed by atoms with Gasteiger partial charge in [0.15, 0.2) is 0 Å². The number of benzene rings is 1. The molecule has 2 rings (SSSR count). The molecule has 1 aromatic carbocycles. The van der Waals surface area contributed by atoms with Gasteiger partial charge in [0.05, 0.1) is 5.56 Å². The second kappa shape index (κ2) is 6.99. The average Bonchev–Trinajstić information content (AvgIpc) is 2.99. The van der Waals surface area contributed by atoms with Crippen LogP contribution in [-0.4, -0.2) is 41.1 Å². The summed E-state index contributed by atoms with van der Waals surface area (Å²) < 4.78 is 42.8. The third-order valence-corrected chi connectivity index (χ3v) is 3.50. The van der Waals surface area contributed by atoms with Gasteiger partial charge in [-0.3, -0.25) is 9.59 Å². The third-order valence-electron chi connectivity index (χ3n) is 3.50. The number of nitrogens with zero attached hydrogens (tertiary/aromatic N) is 1. The van der Waals surface area contributed by atoms with Crippen molar-refractivity contribution in [3.8, 4) is 0 Å². The molecule has 8 heteroatoms. The van der Waals surface area contributed by atoms with Gasteiger partial charge in [-0.05, 0) is 30.5 Å². The Morgan fingerprint density at radius 1 is 1.26 bits per heavy atom. The SMILES string of the molecule is O=C(O)CN(Cc1ccc(C(F)(F)F)cc1)C(=O)[C@@H]1CCCO1. The number of amides is 1. The molecule has 5 nitrogen and oxygen atoms in total. The Balaban J connectivity index is 2.10. The molecule has 23 heavy (non-hydrogen) atoms. The standard InChI is InChI=1S/C15H16F3NO4/c16-15(17,18)11-5-3-10(4-6-11)8-19(9-13(20)21)14(22)12-2-1-7-23-12/h3-6,12H,1-2,7-9H2,(H,20,21)/t12-/m0/s1. The highest BCUT2D eigenvalue weighted by Crippen LogP contribution is 2.29. The summed E-state index contributed by atoms with van der Waals surface area (Å²) in [5.74, 6) is -1.65. The van der Waals surface area contributed by atoms with Gasteiger partial charge in [0.25, 0.3) is 5.91 Å². The maximum atomic E-state index is 12.5. The Hall–Kier alpha value is -2.09. The predicted octanol–water partition coefficient (Wildman–Crippen LogP) is 2.30. The zero-order valence-electron chi connectivity index (χ0n) is 12.2. The van der Waals surface area contributed by atoms with E-state index in [2.05, 4.69) is 0 Å². The van der Waals surface area contributed by atoms with Gasteiger partial charge in [-0.25, -0.2) is 0 Å². The minimum atomic E-state index is -4.44. The van der Waals surface area contributed by atoms with Crippen molar-refractivity contribution < 1.29 is 32.6 Å². The van der Waals surface area contributed by atoms with Crippen LogP contribution in [0.5, 0.6) is 0 Å².